The van der Waals surface area contributed by atoms with E-state index in [4.69, 9.17) is 33.8 Å². The first kappa shape index (κ1) is 27.3. The summed E-state index contributed by atoms with van der Waals surface area (Å²) in [5.41, 5.74) is 8.98. The van der Waals surface area contributed by atoms with Gasteiger partial charge in [0.25, 0.3) is 0 Å². The quantitative estimate of drug-likeness (QED) is 0.171. The molecule has 9 nitrogen and oxygen atoms in total. The van der Waals surface area contributed by atoms with Gasteiger partial charge in [0, 0.05) is 23.3 Å². The van der Waals surface area contributed by atoms with Crippen LogP contribution in [0.5, 0.6) is 11.5 Å². The summed E-state index contributed by atoms with van der Waals surface area (Å²) < 4.78 is 23.2. The normalized spacial score (nSPS) is 10.9. The number of rotatable bonds is 8. The van der Waals surface area contributed by atoms with Crippen molar-refractivity contribution in [1.82, 2.24) is 9.97 Å². The van der Waals surface area contributed by atoms with Gasteiger partial charge in [0.15, 0.2) is 30.7 Å². The minimum Gasteiger partial charge on any atom is -0.478 e. The first-order valence-electron chi connectivity index (χ1n) is 13.4. The summed E-state index contributed by atoms with van der Waals surface area (Å²) in [6.07, 6.45) is 0.668. The van der Waals surface area contributed by atoms with Gasteiger partial charge in [-0.2, -0.15) is 10.5 Å². The highest BCUT2D eigenvalue weighted by molar-refractivity contribution is 5.90. The van der Waals surface area contributed by atoms with Gasteiger partial charge in [-0.3, -0.25) is 4.79 Å². The molecule has 6 aromatic rings. The van der Waals surface area contributed by atoms with Crippen LogP contribution in [-0.2, 0) is 0 Å². The van der Waals surface area contributed by atoms with Crippen LogP contribution in [0.3, 0.4) is 0 Å². The summed E-state index contributed by atoms with van der Waals surface area (Å²) in [5.74, 6) is 1.74. The third kappa shape index (κ3) is 4.94. The van der Waals surface area contributed by atoms with Crippen LogP contribution >= 0.6 is 0 Å². The van der Waals surface area contributed by atoms with Crippen LogP contribution in [0.1, 0.15) is 27.0 Å². The van der Waals surface area contributed by atoms with E-state index in [9.17, 15) is 4.79 Å². The van der Waals surface area contributed by atoms with E-state index >= 15 is 0 Å². The molecule has 0 saturated carbocycles. The van der Waals surface area contributed by atoms with Gasteiger partial charge in [0.1, 0.15) is 34.7 Å². The van der Waals surface area contributed by atoms with E-state index < -0.39 is 0 Å². The number of ether oxygens (including phenoxy) is 2. The maximum atomic E-state index is 11.6. The molecule has 2 aromatic heterocycles. The Kier molecular flexibility index (Phi) is 7.07. The SMILES string of the molecule is Cc1cc2nc(-c3cccc(-c4cccc(-c5nc6cc(C=O)c(OCC#N)cc6o5)c4C)c3C)oc2cc1OCC#N. The lowest BCUT2D eigenvalue weighted by Gasteiger charge is -2.14. The minimum atomic E-state index is -0.187. The monoisotopic (exact) mass is 568 g/mol. The summed E-state index contributed by atoms with van der Waals surface area (Å²) in [6, 6.07) is 22.6. The molecule has 0 bridgehead atoms. The molecule has 4 aromatic carbocycles. The molecule has 0 fully saturated rings. The molecule has 0 radical (unpaired) electrons. The maximum absolute atomic E-state index is 11.6. The summed E-state index contributed by atoms with van der Waals surface area (Å²) in [4.78, 5) is 21.0. The average Bonchev–Trinajstić information content (AvgIpc) is 3.61. The lowest BCUT2D eigenvalue weighted by atomic mass is 9.91. The number of nitriles is 2. The molecule has 0 amide bonds. The highest BCUT2D eigenvalue weighted by atomic mass is 16.5. The van der Waals surface area contributed by atoms with Gasteiger partial charge in [-0.05, 0) is 72.9 Å². The van der Waals surface area contributed by atoms with Gasteiger partial charge in [0.2, 0.25) is 11.8 Å². The molecule has 2 heterocycles. The topological polar surface area (TPSA) is 135 Å². The Hall–Kier alpha value is -5.93. The smallest absolute Gasteiger partial charge is 0.227 e. The van der Waals surface area contributed by atoms with Crippen molar-refractivity contribution in [3.8, 4) is 57.7 Å². The van der Waals surface area contributed by atoms with Gasteiger partial charge in [0.05, 0.1) is 5.56 Å². The van der Waals surface area contributed by atoms with E-state index in [1.54, 1.807) is 18.2 Å². The number of aldehydes is 1. The largest absolute Gasteiger partial charge is 0.478 e. The fourth-order valence-corrected chi connectivity index (χ4v) is 5.17. The van der Waals surface area contributed by atoms with Crippen molar-refractivity contribution in [2.45, 2.75) is 20.8 Å². The van der Waals surface area contributed by atoms with Crippen molar-refractivity contribution in [2.24, 2.45) is 0 Å². The lowest BCUT2D eigenvalue weighted by molar-refractivity contribution is 0.112. The van der Waals surface area contributed by atoms with Crippen LogP contribution < -0.4 is 9.47 Å². The van der Waals surface area contributed by atoms with Crippen LogP contribution in [0.2, 0.25) is 0 Å². The first-order chi connectivity index (χ1) is 20.9. The van der Waals surface area contributed by atoms with Crippen molar-refractivity contribution in [3.63, 3.8) is 0 Å². The van der Waals surface area contributed by atoms with Crippen molar-refractivity contribution in [1.29, 1.82) is 10.5 Å². The zero-order valence-electron chi connectivity index (χ0n) is 23.6. The molecule has 9 heteroatoms. The van der Waals surface area contributed by atoms with Crippen molar-refractivity contribution in [2.75, 3.05) is 13.2 Å². The molecule has 210 valence electrons. The third-order valence-corrected chi connectivity index (χ3v) is 7.34. The average molecular weight is 569 g/mol. The molecule has 0 saturated heterocycles. The van der Waals surface area contributed by atoms with Crippen molar-refractivity contribution in [3.05, 3.63) is 82.9 Å². The number of oxazole rings is 2. The Morgan fingerprint density at radius 2 is 1.21 bits per heavy atom. The van der Waals surface area contributed by atoms with Gasteiger partial charge >= 0.3 is 0 Å². The van der Waals surface area contributed by atoms with Crippen LogP contribution in [0.25, 0.3) is 56.2 Å². The lowest BCUT2D eigenvalue weighted by Crippen LogP contribution is -1.97. The first-order valence-corrected chi connectivity index (χ1v) is 13.4. The maximum Gasteiger partial charge on any atom is 0.227 e. The van der Waals surface area contributed by atoms with Crippen LogP contribution in [-0.4, -0.2) is 29.5 Å². The fraction of sp³-hybridized carbons (Fsp3) is 0.147. The molecule has 0 aliphatic carbocycles. The molecule has 6 rings (SSSR count). The Balaban J connectivity index is 1.40. The van der Waals surface area contributed by atoms with Gasteiger partial charge in [-0.25, -0.2) is 9.97 Å². The number of hydrogen-bond donors (Lipinski definition) is 0. The highest BCUT2D eigenvalue weighted by Crippen LogP contribution is 2.39. The van der Waals surface area contributed by atoms with E-state index in [1.807, 2.05) is 75.4 Å². The molecule has 0 spiro atoms. The zero-order chi connectivity index (χ0) is 30.1. The Morgan fingerprint density at radius 1 is 0.721 bits per heavy atom. The molecule has 0 aliphatic heterocycles. The summed E-state index contributed by atoms with van der Waals surface area (Å²) in [7, 11) is 0. The summed E-state index contributed by atoms with van der Waals surface area (Å²) in [6.45, 7) is 5.71. The number of hydrogen-bond acceptors (Lipinski definition) is 9. The Morgan fingerprint density at radius 3 is 1.74 bits per heavy atom. The summed E-state index contributed by atoms with van der Waals surface area (Å²) >= 11 is 0. The fourth-order valence-electron chi connectivity index (χ4n) is 5.17. The molecular formula is C34H24N4O5. The van der Waals surface area contributed by atoms with Gasteiger partial charge in [-0.15, -0.1) is 0 Å². The number of nitrogens with zero attached hydrogens (tertiary/aromatic N) is 4. The number of aromatic nitrogens is 2. The zero-order valence-corrected chi connectivity index (χ0v) is 23.6. The number of aryl methyl sites for hydroxylation is 1. The second-order valence-electron chi connectivity index (χ2n) is 9.95. The van der Waals surface area contributed by atoms with E-state index in [0.717, 1.165) is 38.9 Å². The molecule has 0 unspecified atom stereocenters. The van der Waals surface area contributed by atoms with Crippen molar-refractivity contribution < 1.29 is 23.1 Å². The number of benzene rings is 4. The van der Waals surface area contributed by atoms with E-state index in [-0.39, 0.29) is 19.0 Å². The van der Waals surface area contributed by atoms with Gasteiger partial charge < -0.3 is 18.3 Å². The number of carbonyl (C=O) groups excluding carboxylic acids is 1. The van der Waals surface area contributed by atoms with Gasteiger partial charge in [-0.1, -0.05) is 24.3 Å². The van der Waals surface area contributed by atoms with E-state index in [1.165, 1.54) is 0 Å². The predicted molar refractivity (Wildman–Crippen MR) is 160 cm³/mol. The van der Waals surface area contributed by atoms with Crippen molar-refractivity contribution >= 4 is 28.5 Å². The minimum absolute atomic E-state index is 0.0476. The molecule has 0 aliphatic rings. The van der Waals surface area contributed by atoms with E-state index in [0.29, 0.717) is 51.6 Å². The molecule has 0 N–H and O–H groups in total. The Labute approximate surface area is 246 Å². The highest BCUT2D eigenvalue weighted by Gasteiger charge is 2.19. The van der Waals surface area contributed by atoms with Crippen LogP contribution in [0.4, 0.5) is 0 Å². The number of fused-ring (bicyclic) bond motifs is 2. The van der Waals surface area contributed by atoms with Crippen LogP contribution in [0, 0.1) is 43.4 Å². The molecular weight excluding hydrogens is 544 g/mol. The van der Waals surface area contributed by atoms with Crippen LogP contribution in [0.15, 0.2) is 69.5 Å². The Bertz CT molecular complexity index is 2130. The van der Waals surface area contributed by atoms with E-state index in [2.05, 4.69) is 4.98 Å². The third-order valence-electron chi connectivity index (χ3n) is 7.34. The second kappa shape index (κ2) is 11.2. The second-order valence-corrected chi connectivity index (χ2v) is 9.95. The molecule has 43 heavy (non-hydrogen) atoms. The number of carbonyl (C=O) groups is 1. The predicted octanol–water partition coefficient (Wildman–Crippen LogP) is 7.51. The standard InChI is InChI=1S/C34H24N4O5/c1-19-14-27-31(16-29(19)40-12-10-35)42-33(37-27)25-8-4-6-23(20(25)2)24-7-5-9-26(21(24)3)34-38-28-15-22(18-39)30(41-13-11-36)17-32(28)43-34/h4-9,14-18H,12-13H2,1-3H3. The summed E-state index contributed by atoms with van der Waals surface area (Å²) in [5, 5.41) is 17.7. The molecule has 0 atom stereocenters.